The minimum atomic E-state index is -2.98. The number of carbonyl (C=O) groups is 2. The number of aromatic amines is 1. The number of rotatable bonds is 9. The van der Waals surface area contributed by atoms with E-state index in [0.29, 0.717) is 41.8 Å². The fraction of sp³-hybridized carbons (Fsp3) is 0.407. The minimum absolute atomic E-state index is 0.00483. The van der Waals surface area contributed by atoms with Gasteiger partial charge in [0.25, 0.3) is 5.91 Å². The average Bonchev–Trinajstić information content (AvgIpc) is 3.31. The van der Waals surface area contributed by atoms with Crippen LogP contribution >= 0.6 is 0 Å². The molecule has 2 aliphatic heterocycles. The zero-order chi connectivity index (χ0) is 27.2. The summed E-state index contributed by atoms with van der Waals surface area (Å²) >= 11 is 0. The molecule has 3 amide bonds. The van der Waals surface area contributed by atoms with Gasteiger partial charge in [-0.2, -0.15) is 8.78 Å². The monoisotopic (exact) mass is 528 g/mol. The Balaban J connectivity index is 1.61. The Hall–Kier alpha value is -3.70. The topological polar surface area (TPSA) is 109 Å². The molecule has 1 saturated heterocycles. The normalized spacial score (nSPS) is 21.1. The zero-order valence-corrected chi connectivity index (χ0v) is 21.2. The third kappa shape index (κ3) is 4.25. The van der Waals surface area contributed by atoms with Gasteiger partial charge in [0.05, 0.1) is 6.61 Å². The average molecular weight is 529 g/mol. The number of aromatic hydroxyl groups is 1. The highest BCUT2D eigenvalue weighted by molar-refractivity contribution is 6.08. The summed E-state index contributed by atoms with van der Waals surface area (Å²) in [5.41, 5.74) is 1.39. The van der Waals surface area contributed by atoms with Crippen molar-refractivity contribution in [1.29, 1.82) is 0 Å². The van der Waals surface area contributed by atoms with Crippen molar-refractivity contribution in [3.8, 4) is 11.5 Å². The standard InChI is InChI=1S/C27H30F2N4O5/c1-3-31(11-12-34)9-10-32-24(36)27(2)15-20-19-14-18(38-25(28)29)7-8-21(19)30-22(20)23(33(27)26(32)37)16-5-4-6-17(35)13-16/h4-8,13-14,23,25,30,34-35H,3,9-12,15H2,1-2H3. The first kappa shape index (κ1) is 25.9. The van der Waals surface area contributed by atoms with Gasteiger partial charge in [-0.05, 0) is 54.9 Å². The Labute approximate surface area is 218 Å². The van der Waals surface area contributed by atoms with Gasteiger partial charge >= 0.3 is 12.6 Å². The van der Waals surface area contributed by atoms with E-state index in [1.54, 1.807) is 36.1 Å². The number of ether oxygens (including phenoxy) is 1. The molecule has 3 heterocycles. The number of aromatic nitrogens is 1. The smallest absolute Gasteiger partial charge is 0.387 e. The molecule has 2 atom stereocenters. The summed E-state index contributed by atoms with van der Waals surface area (Å²) in [6.07, 6.45) is 0.172. The molecular formula is C27H30F2N4O5. The quantitative estimate of drug-likeness (QED) is 0.367. The van der Waals surface area contributed by atoms with Crippen LogP contribution in [0.5, 0.6) is 11.5 Å². The summed E-state index contributed by atoms with van der Waals surface area (Å²) in [7, 11) is 0. The number of alkyl halides is 2. The van der Waals surface area contributed by atoms with E-state index < -0.39 is 24.2 Å². The van der Waals surface area contributed by atoms with Gasteiger partial charge in [0, 0.05) is 42.7 Å². The fourth-order valence-electron chi connectivity index (χ4n) is 5.72. The number of phenols is 1. The number of likely N-dealkylation sites (N-methyl/N-ethyl adjacent to an activating group) is 1. The number of aliphatic hydroxyl groups is 1. The molecule has 0 saturated carbocycles. The highest BCUT2D eigenvalue weighted by atomic mass is 19.3. The van der Waals surface area contributed by atoms with Crippen LogP contribution < -0.4 is 4.74 Å². The number of fused-ring (bicyclic) bond motifs is 4. The Morgan fingerprint density at radius 1 is 1.21 bits per heavy atom. The predicted octanol–water partition coefficient (Wildman–Crippen LogP) is 3.46. The van der Waals surface area contributed by atoms with Gasteiger partial charge in [0.2, 0.25) is 0 Å². The van der Waals surface area contributed by atoms with Gasteiger partial charge in [0.15, 0.2) is 0 Å². The van der Waals surface area contributed by atoms with Crippen LogP contribution in [0.1, 0.15) is 36.7 Å². The summed E-state index contributed by atoms with van der Waals surface area (Å²) in [6.45, 7) is 2.31. The first-order valence-corrected chi connectivity index (χ1v) is 12.5. The van der Waals surface area contributed by atoms with Gasteiger partial charge in [-0.3, -0.25) is 19.5 Å². The lowest BCUT2D eigenvalue weighted by molar-refractivity contribution is -0.133. The van der Waals surface area contributed by atoms with E-state index in [1.807, 2.05) is 11.8 Å². The molecule has 2 aromatic carbocycles. The molecule has 11 heteroatoms. The molecule has 3 N–H and O–H groups in total. The largest absolute Gasteiger partial charge is 0.508 e. The van der Waals surface area contributed by atoms with E-state index in [-0.39, 0.29) is 37.0 Å². The van der Waals surface area contributed by atoms with Crippen LogP contribution in [0.4, 0.5) is 13.6 Å². The maximum absolute atomic E-state index is 13.9. The van der Waals surface area contributed by atoms with Crippen molar-refractivity contribution in [3.05, 3.63) is 59.3 Å². The molecule has 5 rings (SSSR count). The molecule has 202 valence electrons. The van der Waals surface area contributed by atoms with E-state index in [9.17, 15) is 28.6 Å². The van der Waals surface area contributed by atoms with Gasteiger partial charge in [-0.25, -0.2) is 4.79 Å². The molecule has 3 aromatic rings. The highest BCUT2D eigenvalue weighted by Gasteiger charge is 2.60. The number of imide groups is 1. The number of hydrogen-bond acceptors (Lipinski definition) is 6. The number of amides is 3. The number of carbonyl (C=O) groups excluding carboxylic acids is 2. The van der Waals surface area contributed by atoms with Crippen LogP contribution in [0.2, 0.25) is 0 Å². The Morgan fingerprint density at radius 2 is 2.00 bits per heavy atom. The summed E-state index contributed by atoms with van der Waals surface area (Å²) in [6, 6.07) is 9.93. The van der Waals surface area contributed by atoms with E-state index in [1.165, 1.54) is 23.1 Å². The minimum Gasteiger partial charge on any atom is -0.508 e. The van der Waals surface area contributed by atoms with E-state index in [2.05, 4.69) is 9.72 Å². The first-order chi connectivity index (χ1) is 18.2. The second-order valence-electron chi connectivity index (χ2n) is 9.82. The van der Waals surface area contributed by atoms with Crippen molar-refractivity contribution in [3.63, 3.8) is 0 Å². The third-order valence-corrected chi connectivity index (χ3v) is 7.55. The summed E-state index contributed by atoms with van der Waals surface area (Å²) in [5.74, 6) is -0.347. The summed E-state index contributed by atoms with van der Waals surface area (Å²) in [5, 5.41) is 20.2. The van der Waals surface area contributed by atoms with Crippen molar-refractivity contribution in [1.82, 2.24) is 19.7 Å². The second kappa shape index (κ2) is 9.88. The molecule has 2 unspecified atom stereocenters. The number of benzene rings is 2. The third-order valence-electron chi connectivity index (χ3n) is 7.55. The molecule has 1 aromatic heterocycles. The number of halogens is 2. The van der Waals surface area contributed by atoms with Crippen LogP contribution in [-0.4, -0.2) is 86.8 Å². The second-order valence-corrected chi connectivity index (χ2v) is 9.82. The Morgan fingerprint density at radius 3 is 2.68 bits per heavy atom. The van der Waals surface area contributed by atoms with Crippen molar-refractivity contribution in [2.75, 3.05) is 32.8 Å². The van der Waals surface area contributed by atoms with Crippen LogP contribution in [0, 0.1) is 0 Å². The number of phenolic OH excluding ortho intramolecular Hbond substituents is 1. The molecule has 0 bridgehead atoms. The van der Waals surface area contributed by atoms with E-state index in [4.69, 9.17) is 0 Å². The fourth-order valence-corrected chi connectivity index (χ4v) is 5.72. The summed E-state index contributed by atoms with van der Waals surface area (Å²) < 4.78 is 30.5. The lowest BCUT2D eigenvalue weighted by atomic mass is 9.81. The van der Waals surface area contributed by atoms with Crippen molar-refractivity contribution in [2.45, 2.75) is 38.5 Å². The number of H-pyrrole nitrogens is 1. The van der Waals surface area contributed by atoms with Gasteiger partial charge in [-0.15, -0.1) is 0 Å². The van der Waals surface area contributed by atoms with E-state index in [0.717, 1.165) is 5.56 Å². The number of aliphatic hydroxyl groups excluding tert-OH is 1. The maximum atomic E-state index is 13.9. The van der Waals surface area contributed by atoms with Crippen LogP contribution in [0.15, 0.2) is 42.5 Å². The van der Waals surface area contributed by atoms with Gasteiger partial charge in [-0.1, -0.05) is 19.1 Å². The Bertz CT molecular complexity index is 1380. The van der Waals surface area contributed by atoms with E-state index >= 15 is 0 Å². The molecule has 0 aliphatic carbocycles. The number of urea groups is 1. The van der Waals surface area contributed by atoms with Gasteiger partial charge < -0.3 is 19.9 Å². The zero-order valence-electron chi connectivity index (χ0n) is 21.2. The molecular weight excluding hydrogens is 498 g/mol. The number of nitrogens with zero attached hydrogens (tertiary/aromatic N) is 3. The lowest BCUT2D eigenvalue weighted by Gasteiger charge is -2.42. The molecule has 38 heavy (non-hydrogen) atoms. The van der Waals surface area contributed by atoms with Crippen LogP contribution in [0.25, 0.3) is 10.9 Å². The van der Waals surface area contributed by atoms with Crippen LogP contribution in [0.3, 0.4) is 0 Å². The first-order valence-electron chi connectivity index (χ1n) is 12.5. The SMILES string of the molecule is CCN(CCO)CCN1C(=O)N2C(c3cccc(O)c3)c3[nH]c4ccc(OC(F)F)cc4c3CC2(C)C1=O. The molecule has 0 spiro atoms. The maximum Gasteiger partial charge on any atom is 0.387 e. The van der Waals surface area contributed by atoms with Crippen molar-refractivity contribution in [2.24, 2.45) is 0 Å². The lowest BCUT2D eigenvalue weighted by Crippen LogP contribution is -2.53. The number of nitrogens with one attached hydrogen (secondary N) is 1. The molecule has 2 aliphatic rings. The molecule has 1 fully saturated rings. The number of hydrogen-bond donors (Lipinski definition) is 3. The Kier molecular flexibility index (Phi) is 6.74. The van der Waals surface area contributed by atoms with Crippen LogP contribution in [-0.2, 0) is 11.2 Å². The van der Waals surface area contributed by atoms with Crippen molar-refractivity contribution >= 4 is 22.8 Å². The van der Waals surface area contributed by atoms with Gasteiger partial charge in [0.1, 0.15) is 23.1 Å². The molecule has 0 radical (unpaired) electrons. The summed E-state index contributed by atoms with van der Waals surface area (Å²) in [4.78, 5) is 35.8. The highest BCUT2D eigenvalue weighted by Crippen LogP contribution is 2.49. The van der Waals surface area contributed by atoms with Crippen molar-refractivity contribution < 1.29 is 33.3 Å². The molecule has 9 nitrogen and oxygen atoms in total. The predicted molar refractivity (Wildman–Crippen MR) is 135 cm³/mol.